The van der Waals surface area contributed by atoms with Gasteiger partial charge in [-0.05, 0) is 30.4 Å². The van der Waals surface area contributed by atoms with E-state index in [4.69, 9.17) is 11.6 Å². The zero-order valence-electron chi connectivity index (χ0n) is 12.2. The van der Waals surface area contributed by atoms with Crippen molar-refractivity contribution in [2.75, 3.05) is 0 Å². The number of nitrogens with zero attached hydrogens (tertiary/aromatic N) is 1. The molecule has 1 N–H and O–H groups in total. The SMILES string of the molecule is CC1(C)CCCCC1NC(=O)c1ccc([N+](=O)[O-])c(Cl)c1. The molecule has 1 aliphatic rings. The molecule has 5 nitrogen and oxygen atoms in total. The Morgan fingerprint density at radius 3 is 2.71 bits per heavy atom. The fourth-order valence-electron chi connectivity index (χ4n) is 2.80. The molecule has 0 aromatic heterocycles. The molecule has 6 heteroatoms. The molecule has 1 unspecified atom stereocenters. The summed E-state index contributed by atoms with van der Waals surface area (Å²) in [6, 6.07) is 4.18. The maximum Gasteiger partial charge on any atom is 0.287 e. The fraction of sp³-hybridized carbons (Fsp3) is 0.533. The Morgan fingerprint density at radius 2 is 2.14 bits per heavy atom. The second-order valence-corrected chi connectivity index (χ2v) is 6.59. The minimum absolute atomic E-state index is 0.0180. The van der Waals surface area contributed by atoms with E-state index < -0.39 is 4.92 Å². The zero-order valence-corrected chi connectivity index (χ0v) is 12.9. The van der Waals surface area contributed by atoms with Gasteiger partial charge in [-0.1, -0.05) is 38.3 Å². The second kappa shape index (κ2) is 6.02. The number of carbonyl (C=O) groups excluding carboxylic acids is 1. The van der Waals surface area contributed by atoms with Gasteiger partial charge in [-0.3, -0.25) is 14.9 Å². The molecule has 2 rings (SSSR count). The summed E-state index contributed by atoms with van der Waals surface area (Å²) in [6.45, 7) is 4.31. The molecule has 0 spiro atoms. The first-order valence-corrected chi connectivity index (χ1v) is 7.44. The van der Waals surface area contributed by atoms with E-state index in [0.29, 0.717) is 5.56 Å². The van der Waals surface area contributed by atoms with Crippen molar-refractivity contribution in [1.29, 1.82) is 0 Å². The van der Waals surface area contributed by atoms with Crippen molar-refractivity contribution in [3.8, 4) is 0 Å². The lowest BCUT2D eigenvalue weighted by molar-refractivity contribution is -0.384. The maximum atomic E-state index is 12.3. The van der Waals surface area contributed by atoms with Gasteiger partial charge in [0.2, 0.25) is 0 Å². The third-order valence-corrected chi connectivity index (χ3v) is 4.52. The predicted molar refractivity (Wildman–Crippen MR) is 81.6 cm³/mol. The fourth-order valence-corrected chi connectivity index (χ4v) is 3.05. The van der Waals surface area contributed by atoms with Crippen LogP contribution in [0.3, 0.4) is 0 Å². The number of rotatable bonds is 3. The number of amides is 1. The van der Waals surface area contributed by atoms with Crippen molar-refractivity contribution in [2.24, 2.45) is 5.41 Å². The molecular formula is C15H19ClN2O3. The van der Waals surface area contributed by atoms with Gasteiger partial charge in [-0.25, -0.2) is 0 Å². The topological polar surface area (TPSA) is 72.2 Å². The minimum Gasteiger partial charge on any atom is -0.349 e. The van der Waals surface area contributed by atoms with Gasteiger partial charge in [-0.2, -0.15) is 0 Å². The number of carbonyl (C=O) groups is 1. The minimum atomic E-state index is -0.561. The van der Waals surface area contributed by atoms with Crippen LogP contribution >= 0.6 is 11.6 Å². The van der Waals surface area contributed by atoms with Crippen LogP contribution in [-0.4, -0.2) is 16.9 Å². The number of hydrogen-bond donors (Lipinski definition) is 1. The molecule has 0 aliphatic heterocycles. The first kappa shape index (κ1) is 15.8. The summed E-state index contributed by atoms with van der Waals surface area (Å²) in [5, 5.41) is 13.7. The Kier molecular flexibility index (Phi) is 4.52. The largest absolute Gasteiger partial charge is 0.349 e. The molecule has 1 fully saturated rings. The average Bonchev–Trinajstić information content (AvgIpc) is 2.40. The summed E-state index contributed by atoms with van der Waals surface area (Å²) in [6.07, 6.45) is 4.33. The summed E-state index contributed by atoms with van der Waals surface area (Å²) in [7, 11) is 0. The predicted octanol–water partition coefficient (Wildman–Crippen LogP) is 3.95. The monoisotopic (exact) mass is 310 g/mol. The highest BCUT2D eigenvalue weighted by Crippen LogP contribution is 2.35. The summed E-state index contributed by atoms with van der Waals surface area (Å²) < 4.78 is 0. The van der Waals surface area contributed by atoms with Gasteiger partial charge in [0.05, 0.1) is 4.92 Å². The number of nitro groups is 1. The van der Waals surface area contributed by atoms with Crippen molar-refractivity contribution in [3.05, 3.63) is 38.9 Å². The lowest BCUT2D eigenvalue weighted by Gasteiger charge is -2.39. The van der Waals surface area contributed by atoms with Crippen LogP contribution in [-0.2, 0) is 0 Å². The first-order chi connectivity index (χ1) is 9.81. The Balaban J connectivity index is 2.13. The van der Waals surface area contributed by atoms with Crippen molar-refractivity contribution < 1.29 is 9.72 Å². The maximum absolute atomic E-state index is 12.3. The van der Waals surface area contributed by atoms with Gasteiger partial charge in [0.25, 0.3) is 11.6 Å². The highest BCUT2D eigenvalue weighted by molar-refractivity contribution is 6.33. The van der Waals surface area contributed by atoms with Crippen LogP contribution < -0.4 is 5.32 Å². The Hall–Kier alpha value is -1.62. The zero-order chi connectivity index (χ0) is 15.6. The van der Waals surface area contributed by atoms with Crippen LogP contribution in [0, 0.1) is 15.5 Å². The lowest BCUT2D eigenvalue weighted by Crippen LogP contribution is -2.46. The molecule has 0 saturated heterocycles. The normalized spacial score (nSPS) is 20.8. The van der Waals surface area contributed by atoms with Gasteiger partial charge in [0.15, 0.2) is 0 Å². The Bertz CT molecular complexity index is 572. The molecule has 114 valence electrons. The molecule has 0 radical (unpaired) electrons. The van der Waals surface area contributed by atoms with Crippen LogP contribution in [0.15, 0.2) is 18.2 Å². The molecule has 1 aliphatic carbocycles. The lowest BCUT2D eigenvalue weighted by atomic mass is 9.73. The summed E-state index contributed by atoms with van der Waals surface area (Å²) in [5.41, 5.74) is 0.233. The number of nitro benzene ring substituents is 1. The van der Waals surface area contributed by atoms with Gasteiger partial charge < -0.3 is 5.32 Å². The third-order valence-electron chi connectivity index (χ3n) is 4.22. The van der Waals surface area contributed by atoms with Crippen LogP contribution in [0.25, 0.3) is 0 Å². The van der Waals surface area contributed by atoms with E-state index in [2.05, 4.69) is 19.2 Å². The van der Waals surface area contributed by atoms with Crippen molar-refractivity contribution in [2.45, 2.75) is 45.6 Å². The summed E-state index contributed by atoms with van der Waals surface area (Å²) >= 11 is 5.85. The van der Waals surface area contributed by atoms with Gasteiger partial charge >= 0.3 is 0 Å². The van der Waals surface area contributed by atoms with Gasteiger partial charge in [0, 0.05) is 17.7 Å². The van der Waals surface area contributed by atoms with Crippen molar-refractivity contribution in [1.82, 2.24) is 5.32 Å². The van der Waals surface area contributed by atoms with Crippen LogP contribution in [0.2, 0.25) is 5.02 Å². The van der Waals surface area contributed by atoms with E-state index in [1.165, 1.54) is 24.6 Å². The van der Waals surface area contributed by atoms with Crippen LogP contribution in [0.4, 0.5) is 5.69 Å². The van der Waals surface area contributed by atoms with E-state index in [1.54, 1.807) is 0 Å². The van der Waals surface area contributed by atoms with Crippen molar-refractivity contribution >= 4 is 23.2 Å². The number of benzene rings is 1. The molecule has 0 bridgehead atoms. The molecule has 0 heterocycles. The van der Waals surface area contributed by atoms with E-state index in [-0.39, 0.29) is 28.1 Å². The number of hydrogen-bond acceptors (Lipinski definition) is 3. The highest BCUT2D eigenvalue weighted by Gasteiger charge is 2.33. The Morgan fingerprint density at radius 1 is 1.43 bits per heavy atom. The number of nitrogens with one attached hydrogen (secondary N) is 1. The molecule has 1 amide bonds. The Labute approximate surface area is 128 Å². The van der Waals surface area contributed by atoms with E-state index >= 15 is 0 Å². The smallest absolute Gasteiger partial charge is 0.287 e. The second-order valence-electron chi connectivity index (χ2n) is 6.18. The molecular weight excluding hydrogens is 292 g/mol. The third kappa shape index (κ3) is 3.53. The van der Waals surface area contributed by atoms with E-state index in [0.717, 1.165) is 19.3 Å². The average molecular weight is 311 g/mol. The quantitative estimate of drug-likeness (QED) is 0.678. The first-order valence-electron chi connectivity index (χ1n) is 7.06. The molecule has 1 saturated carbocycles. The molecule has 1 aromatic rings. The van der Waals surface area contributed by atoms with Crippen molar-refractivity contribution in [3.63, 3.8) is 0 Å². The van der Waals surface area contributed by atoms with Crippen LogP contribution in [0.5, 0.6) is 0 Å². The van der Waals surface area contributed by atoms with E-state index in [9.17, 15) is 14.9 Å². The van der Waals surface area contributed by atoms with Crippen LogP contribution in [0.1, 0.15) is 49.9 Å². The summed E-state index contributed by atoms with van der Waals surface area (Å²) in [4.78, 5) is 22.5. The standard InChI is InChI=1S/C15H19ClN2O3/c1-15(2)8-4-3-5-13(15)17-14(19)10-6-7-12(18(20)21)11(16)9-10/h6-7,9,13H,3-5,8H2,1-2H3,(H,17,19). The summed E-state index contributed by atoms with van der Waals surface area (Å²) in [5.74, 6) is -0.230. The van der Waals surface area contributed by atoms with E-state index in [1.807, 2.05) is 0 Å². The molecule has 1 aromatic carbocycles. The molecule has 1 atom stereocenters. The van der Waals surface area contributed by atoms with Gasteiger partial charge in [-0.15, -0.1) is 0 Å². The number of halogens is 1. The van der Waals surface area contributed by atoms with Gasteiger partial charge in [0.1, 0.15) is 5.02 Å². The molecule has 21 heavy (non-hydrogen) atoms. The highest BCUT2D eigenvalue weighted by atomic mass is 35.5.